The molecule has 0 aliphatic rings. The minimum absolute atomic E-state index is 0.0130. The fraction of sp³-hybridized carbons (Fsp3) is 0.174. The predicted octanol–water partition coefficient (Wildman–Crippen LogP) is 4.20. The van der Waals surface area contributed by atoms with E-state index in [1.54, 1.807) is 0 Å². The summed E-state index contributed by atoms with van der Waals surface area (Å²) in [7, 11) is 4.03. The minimum Gasteiger partial charge on any atom is -0.378 e. The SMILES string of the molecule is CN(C)c1ccc(CNC(=O)C(c2ccccc2)c2ccccc2)cc1. The zero-order valence-corrected chi connectivity index (χ0v) is 15.2. The molecule has 0 saturated carbocycles. The smallest absolute Gasteiger partial charge is 0.232 e. The molecule has 1 N–H and O–H groups in total. The number of nitrogens with one attached hydrogen (secondary N) is 1. The third-order valence-corrected chi connectivity index (χ3v) is 4.45. The lowest BCUT2D eigenvalue weighted by Gasteiger charge is -2.18. The summed E-state index contributed by atoms with van der Waals surface area (Å²) in [6, 6.07) is 28.1. The van der Waals surface area contributed by atoms with Crippen LogP contribution >= 0.6 is 0 Å². The highest BCUT2D eigenvalue weighted by Crippen LogP contribution is 2.25. The van der Waals surface area contributed by atoms with Gasteiger partial charge in [0.05, 0.1) is 5.92 Å². The number of anilines is 1. The van der Waals surface area contributed by atoms with Gasteiger partial charge in [-0.1, -0.05) is 72.8 Å². The summed E-state index contributed by atoms with van der Waals surface area (Å²) in [4.78, 5) is 15.0. The average Bonchev–Trinajstić information content (AvgIpc) is 2.68. The molecule has 1 amide bonds. The molecule has 3 aromatic carbocycles. The number of amides is 1. The number of rotatable bonds is 6. The van der Waals surface area contributed by atoms with E-state index in [1.807, 2.05) is 74.8 Å². The maximum absolute atomic E-state index is 13.0. The molecule has 3 rings (SSSR count). The highest BCUT2D eigenvalue weighted by atomic mass is 16.1. The van der Waals surface area contributed by atoms with E-state index in [0.717, 1.165) is 22.4 Å². The largest absolute Gasteiger partial charge is 0.378 e. The van der Waals surface area contributed by atoms with E-state index in [9.17, 15) is 4.79 Å². The van der Waals surface area contributed by atoms with Gasteiger partial charge in [-0.15, -0.1) is 0 Å². The van der Waals surface area contributed by atoms with Crippen LogP contribution in [0.5, 0.6) is 0 Å². The van der Waals surface area contributed by atoms with E-state index in [4.69, 9.17) is 0 Å². The lowest BCUT2D eigenvalue weighted by molar-refractivity contribution is -0.121. The van der Waals surface area contributed by atoms with Crippen LogP contribution in [0.15, 0.2) is 84.9 Å². The Kier molecular flexibility index (Phi) is 5.69. The number of hydrogen-bond donors (Lipinski definition) is 1. The minimum atomic E-state index is -0.307. The van der Waals surface area contributed by atoms with E-state index in [1.165, 1.54) is 0 Å². The molecule has 26 heavy (non-hydrogen) atoms. The molecule has 3 aromatic rings. The van der Waals surface area contributed by atoms with Gasteiger partial charge in [0.1, 0.15) is 0 Å². The number of hydrogen-bond acceptors (Lipinski definition) is 2. The van der Waals surface area contributed by atoms with Crippen molar-refractivity contribution in [3.8, 4) is 0 Å². The molecular weight excluding hydrogens is 320 g/mol. The summed E-state index contributed by atoms with van der Waals surface area (Å²) in [6.07, 6.45) is 0. The van der Waals surface area contributed by atoms with E-state index in [0.29, 0.717) is 6.54 Å². The van der Waals surface area contributed by atoms with Gasteiger partial charge in [0.15, 0.2) is 0 Å². The molecule has 0 unspecified atom stereocenters. The number of carbonyl (C=O) groups excluding carboxylic acids is 1. The van der Waals surface area contributed by atoms with E-state index < -0.39 is 0 Å². The second-order valence-electron chi connectivity index (χ2n) is 6.53. The summed E-state index contributed by atoms with van der Waals surface area (Å²) in [5.74, 6) is -0.294. The molecule has 0 saturated heterocycles. The average molecular weight is 344 g/mol. The third kappa shape index (κ3) is 4.31. The Morgan fingerprint density at radius 1 is 0.808 bits per heavy atom. The second-order valence-corrected chi connectivity index (χ2v) is 6.53. The molecule has 0 atom stereocenters. The van der Waals surface area contributed by atoms with Crippen molar-refractivity contribution in [3.63, 3.8) is 0 Å². The monoisotopic (exact) mass is 344 g/mol. The van der Waals surface area contributed by atoms with Crippen molar-refractivity contribution in [1.82, 2.24) is 5.32 Å². The molecule has 132 valence electrons. The van der Waals surface area contributed by atoms with Crippen molar-refractivity contribution in [2.75, 3.05) is 19.0 Å². The van der Waals surface area contributed by atoms with E-state index in [-0.39, 0.29) is 11.8 Å². The van der Waals surface area contributed by atoms with Crippen molar-refractivity contribution in [2.24, 2.45) is 0 Å². The topological polar surface area (TPSA) is 32.3 Å². The van der Waals surface area contributed by atoms with Gasteiger partial charge < -0.3 is 10.2 Å². The van der Waals surface area contributed by atoms with Crippen molar-refractivity contribution in [2.45, 2.75) is 12.5 Å². The Morgan fingerprint density at radius 2 is 1.31 bits per heavy atom. The van der Waals surface area contributed by atoms with Crippen LogP contribution in [0.3, 0.4) is 0 Å². The Morgan fingerprint density at radius 3 is 1.77 bits per heavy atom. The van der Waals surface area contributed by atoms with Crippen LogP contribution in [0, 0.1) is 0 Å². The van der Waals surface area contributed by atoms with Gasteiger partial charge in [0, 0.05) is 26.3 Å². The normalized spacial score (nSPS) is 10.6. The van der Waals surface area contributed by atoms with Crippen molar-refractivity contribution in [3.05, 3.63) is 102 Å². The van der Waals surface area contributed by atoms with E-state index in [2.05, 4.69) is 34.5 Å². The van der Waals surface area contributed by atoms with Crippen molar-refractivity contribution in [1.29, 1.82) is 0 Å². The van der Waals surface area contributed by atoms with Crippen LogP contribution in [0.1, 0.15) is 22.6 Å². The zero-order valence-electron chi connectivity index (χ0n) is 15.2. The first-order valence-electron chi connectivity index (χ1n) is 8.79. The van der Waals surface area contributed by atoms with Crippen LogP contribution in [-0.2, 0) is 11.3 Å². The van der Waals surface area contributed by atoms with Crippen molar-refractivity contribution >= 4 is 11.6 Å². The predicted molar refractivity (Wildman–Crippen MR) is 107 cm³/mol. The van der Waals surface area contributed by atoms with Crippen LogP contribution in [-0.4, -0.2) is 20.0 Å². The van der Waals surface area contributed by atoms with Gasteiger partial charge in [-0.05, 0) is 28.8 Å². The molecule has 0 radical (unpaired) electrons. The fourth-order valence-corrected chi connectivity index (χ4v) is 2.99. The standard InChI is InChI=1S/C23H24N2O/c1-25(2)21-15-13-18(14-16-21)17-24-23(26)22(19-9-5-3-6-10-19)20-11-7-4-8-12-20/h3-16,22H,17H2,1-2H3,(H,24,26). The van der Waals surface area contributed by atoms with Gasteiger partial charge in [0.2, 0.25) is 5.91 Å². The second kappa shape index (κ2) is 8.34. The summed E-state index contributed by atoms with van der Waals surface area (Å²) in [6.45, 7) is 0.517. The lowest BCUT2D eigenvalue weighted by Crippen LogP contribution is -2.29. The first kappa shape index (κ1) is 17.7. The molecule has 3 heteroatoms. The molecule has 0 aromatic heterocycles. The molecular formula is C23H24N2O. The zero-order chi connectivity index (χ0) is 18.4. The van der Waals surface area contributed by atoms with Crippen LogP contribution < -0.4 is 10.2 Å². The van der Waals surface area contributed by atoms with Crippen LogP contribution in [0.4, 0.5) is 5.69 Å². The maximum atomic E-state index is 13.0. The Balaban J connectivity index is 1.76. The summed E-state index contributed by atoms with van der Waals surface area (Å²) in [5.41, 5.74) is 4.23. The van der Waals surface area contributed by atoms with Gasteiger partial charge in [-0.2, -0.15) is 0 Å². The number of nitrogens with zero attached hydrogens (tertiary/aromatic N) is 1. The lowest BCUT2D eigenvalue weighted by atomic mass is 9.90. The summed E-state index contributed by atoms with van der Waals surface area (Å²) < 4.78 is 0. The molecule has 0 aliphatic heterocycles. The third-order valence-electron chi connectivity index (χ3n) is 4.45. The molecule has 0 heterocycles. The molecule has 0 spiro atoms. The summed E-state index contributed by atoms with van der Waals surface area (Å²) >= 11 is 0. The first-order valence-corrected chi connectivity index (χ1v) is 8.79. The Labute approximate surface area is 155 Å². The number of benzene rings is 3. The van der Waals surface area contributed by atoms with Gasteiger partial charge >= 0.3 is 0 Å². The maximum Gasteiger partial charge on any atom is 0.232 e. The highest BCUT2D eigenvalue weighted by Gasteiger charge is 2.22. The van der Waals surface area contributed by atoms with Crippen LogP contribution in [0.2, 0.25) is 0 Å². The Bertz CT molecular complexity index is 788. The molecule has 0 bridgehead atoms. The van der Waals surface area contributed by atoms with Gasteiger partial charge in [-0.25, -0.2) is 0 Å². The first-order chi connectivity index (χ1) is 12.6. The molecule has 0 fully saturated rings. The quantitative estimate of drug-likeness (QED) is 0.727. The fourth-order valence-electron chi connectivity index (χ4n) is 2.99. The van der Waals surface area contributed by atoms with E-state index >= 15 is 0 Å². The van der Waals surface area contributed by atoms with Gasteiger partial charge in [-0.3, -0.25) is 4.79 Å². The van der Waals surface area contributed by atoms with Crippen LogP contribution in [0.25, 0.3) is 0 Å². The number of carbonyl (C=O) groups is 1. The van der Waals surface area contributed by atoms with Crippen molar-refractivity contribution < 1.29 is 4.79 Å². The summed E-state index contributed by atoms with van der Waals surface area (Å²) in [5, 5.41) is 3.09. The Hall–Kier alpha value is -3.07. The molecule has 0 aliphatic carbocycles. The highest BCUT2D eigenvalue weighted by molar-refractivity contribution is 5.87. The van der Waals surface area contributed by atoms with Gasteiger partial charge in [0.25, 0.3) is 0 Å². The molecule has 3 nitrogen and oxygen atoms in total.